The van der Waals surface area contributed by atoms with Crippen molar-refractivity contribution in [2.24, 2.45) is 0 Å². The van der Waals surface area contributed by atoms with E-state index in [4.69, 9.17) is 9.72 Å². The number of thiazole rings is 1. The average molecular weight is 355 g/mol. The van der Waals surface area contributed by atoms with Crippen LogP contribution in [-0.4, -0.2) is 29.1 Å². The first-order valence-electron chi connectivity index (χ1n) is 7.92. The van der Waals surface area contributed by atoms with Gasteiger partial charge in [-0.25, -0.2) is 9.97 Å². The van der Waals surface area contributed by atoms with Gasteiger partial charge in [-0.3, -0.25) is 5.32 Å². The first-order chi connectivity index (χ1) is 12.0. The zero-order valence-electron chi connectivity index (χ0n) is 15.0. The van der Waals surface area contributed by atoms with Crippen molar-refractivity contribution < 1.29 is 4.74 Å². The van der Waals surface area contributed by atoms with E-state index in [1.165, 1.54) is 0 Å². The summed E-state index contributed by atoms with van der Waals surface area (Å²) in [6.45, 7) is 6.18. The molecule has 0 aliphatic rings. The van der Waals surface area contributed by atoms with Crippen LogP contribution in [0.3, 0.4) is 0 Å². The Balaban J connectivity index is 1.94. The normalized spacial score (nSPS) is 10.6. The number of benzene rings is 1. The van der Waals surface area contributed by atoms with Crippen molar-refractivity contribution in [1.82, 2.24) is 15.0 Å². The molecule has 0 saturated heterocycles. The van der Waals surface area contributed by atoms with E-state index in [1.54, 1.807) is 24.6 Å². The minimum atomic E-state index is 0.523. The number of nitrogens with zero attached hydrogens (tertiary/aromatic N) is 3. The Kier molecular flexibility index (Phi) is 4.85. The van der Waals surface area contributed by atoms with Crippen LogP contribution >= 0.6 is 11.3 Å². The van der Waals surface area contributed by atoms with Gasteiger partial charge in [-0.15, -0.1) is 11.3 Å². The van der Waals surface area contributed by atoms with Gasteiger partial charge >= 0.3 is 0 Å². The monoisotopic (exact) mass is 355 g/mol. The maximum Gasteiger partial charge on any atom is 0.230 e. The van der Waals surface area contributed by atoms with Gasteiger partial charge in [-0.2, -0.15) is 4.98 Å². The highest BCUT2D eigenvalue weighted by molar-refractivity contribution is 7.16. The maximum absolute atomic E-state index is 5.40. The molecule has 0 atom stereocenters. The molecule has 0 fully saturated rings. The first kappa shape index (κ1) is 17.2. The van der Waals surface area contributed by atoms with Gasteiger partial charge in [0, 0.05) is 23.7 Å². The van der Waals surface area contributed by atoms with E-state index in [2.05, 4.69) is 46.6 Å². The summed E-state index contributed by atoms with van der Waals surface area (Å²) in [5, 5.41) is 6.96. The summed E-state index contributed by atoms with van der Waals surface area (Å²) in [6, 6.07) is 5.99. The second-order valence-electron chi connectivity index (χ2n) is 5.70. The van der Waals surface area contributed by atoms with Gasteiger partial charge < -0.3 is 10.1 Å². The molecule has 0 aliphatic heterocycles. The maximum atomic E-state index is 5.40. The molecule has 3 rings (SSSR count). The standard InChI is InChI=1S/C18H21N5OS/c1-10-9-14(24-5)11(2)8-13(10)16-12(3)25-18(22-16)23-17-20-7-6-15(19-4)21-17/h6-9H,1-5H3,(H2,19,20,21,22,23). The van der Waals surface area contributed by atoms with E-state index in [0.29, 0.717) is 5.95 Å². The zero-order valence-corrected chi connectivity index (χ0v) is 15.8. The minimum Gasteiger partial charge on any atom is -0.496 e. The molecule has 1 aromatic carbocycles. The number of ether oxygens (including phenoxy) is 1. The summed E-state index contributed by atoms with van der Waals surface area (Å²) < 4.78 is 5.40. The van der Waals surface area contributed by atoms with Gasteiger partial charge in [0.25, 0.3) is 0 Å². The number of nitrogens with one attached hydrogen (secondary N) is 2. The van der Waals surface area contributed by atoms with Crippen LogP contribution in [0.4, 0.5) is 16.9 Å². The highest BCUT2D eigenvalue weighted by atomic mass is 32.1. The molecule has 2 heterocycles. The number of anilines is 3. The summed E-state index contributed by atoms with van der Waals surface area (Å²) >= 11 is 1.59. The van der Waals surface area contributed by atoms with Crippen LogP contribution in [0.15, 0.2) is 24.4 Å². The van der Waals surface area contributed by atoms with Crippen LogP contribution in [-0.2, 0) is 0 Å². The fraction of sp³-hybridized carbons (Fsp3) is 0.278. The number of hydrogen-bond donors (Lipinski definition) is 2. The van der Waals surface area contributed by atoms with E-state index in [1.807, 2.05) is 20.0 Å². The highest BCUT2D eigenvalue weighted by Crippen LogP contribution is 2.35. The molecule has 3 aromatic rings. The summed E-state index contributed by atoms with van der Waals surface area (Å²) in [5.74, 6) is 2.17. The lowest BCUT2D eigenvalue weighted by Crippen LogP contribution is -1.99. The van der Waals surface area contributed by atoms with Crippen molar-refractivity contribution >= 4 is 28.2 Å². The van der Waals surface area contributed by atoms with Gasteiger partial charge in [0.05, 0.1) is 12.8 Å². The van der Waals surface area contributed by atoms with Gasteiger partial charge in [0.1, 0.15) is 11.6 Å². The Labute approximate surface area is 151 Å². The molecule has 2 aromatic heterocycles. The highest BCUT2D eigenvalue weighted by Gasteiger charge is 2.15. The first-order valence-corrected chi connectivity index (χ1v) is 8.74. The lowest BCUT2D eigenvalue weighted by Gasteiger charge is -2.10. The van der Waals surface area contributed by atoms with E-state index >= 15 is 0 Å². The lowest BCUT2D eigenvalue weighted by atomic mass is 10.0. The smallest absolute Gasteiger partial charge is 0.230 e. The molecule has 2 N–H and O–H groups in total. The van der Waals surface area contributed by atoms with Crippen molar-refractivity contribution in [1.29, 1.82) is 0 Å². The van der Waals surface area contributed by atoms with Gasteiger partial charge in [0.15, 0.2) is 5.13 Å². The number of aromatic nitrogens is 3. The van der Waals surface area contributed by atoms with Crippen molar-refractivity contribution in [3.63, 3.8) is 0 Å². The molecule has 0 aliphatic carbocycles. The molecule has 0 amide bonds. The molecule has 0 spiro atoms. The molecular formula is C18H21N5OS. The second kappa shape index (κ2) is 7.06. The van der Waals surface area contributed by atoms with Crippen molar-refractivity contribution in [3.05, 3.63) is 40.4 Å². The van der Waals surface area contributed by atoms with E-state index in [-0.39, 0.29) is 0 Å². The van der Waals surface area contributed by atoms with E-state index in [0.717, 1.165) is 44.0 Å². The van der Waals surface area contributed by atoms with Gasteiger partial charge in [-0.05, 0) is 50.1 Å². The largest absolute Gasteiger partial charge is 0.496 e. The molecule has 25 heavy (non-hydrogen) atoms. The summed E-state index contributed by atoms with van der Waals surface area (Å²) in [5.41, 5.74) is 4.32. The Morgan fingerprint density at radius 3 is 2.60 bits per heavy atom. The number of rotatable bonds is 5. The van der Waals surface area contributed by atoms with Crippen molar-refractivity contribution in [2.45, 2.75) is 20.8 Å². The Hall–Kier alpha value is -2.67. The fourth-order valence-corrected chi connectivity index (χ4v) is 3.44. The predicted octanol–water partition coefficient (Wildman–Crippen LogP) is 4.32. The minimum absolute atomic E-state index is 0.523. The predicted molar refractivity (Wildman–Crippen MR) is 103 cm³/mol. The molecule has 0 radical (unpaired) electrons. The quantitative estimate of drug-likeness (QED) is 0.710. The molecular weight excluding hydrogens is 334 g/mol. The Morgan fingerprint density at radius 2 is 1.88 bits per heavy atom. The molecule has 7 heteroatoms. The van der Waals surface area contributed by atoms with Gasteiger partial charge in [0.2, 0.25) is 5.95 Å². The molecule has 6 nitrogen and oxygen atoms in total. The summed E-state index contributed by atoms with van der Waals surface area (Å²) in [4.78, 5) is 14.5. The topological polar surface area (TPSA) is 72.0 Å². The average Bonchev–Trinajstić information content (AvgIpc) is 2.96. The van der Waals surface area contributed by atoms with Crippen LogP contribution in [0, 0.1) is 20.8 Å². The number of aryl methyl sites for hydroxylation is 3. The third-order valence-corrected chi connectivity index (χ3v) is 4.81. The van der Waals surface area contributed by atoms with Gasteiger partial charge in [-0.1, -0.05) is 0 Å². The Bertz CT molecular complexity index is 906. The molecule has 0 unspecified atom stereocenters. The SMILES string of the molecule is CNc1ccnc(Nc2nc(-c3cc(C)c(OC)cc3C)c(C)s2)n1. The van der Waals surface area contributed by atoms with Crippen LogP contribution in [0.5, 0.6) is 5.75 Å². The van der Waals surface area contributed by atoms with Crippen LogP contribution in [0.1, 0.15) is 16.0 Å². The zero-order chi connectivity index (χ0) is 18.0. The van der Waals surface area contributed by atoms with E-state index < -0.39 is 0 Å². The lowest BCUT2D eigenvalue weighted by molar-refractivity contribution is 0.411. The third-order valence-electron chi connectivity index (χ3n) is 3.92. The van der Waals surface area contributed by atoms with E-state index in [9.17, 15) is 0 Å². The number of hydrogen-bond acceptors (Lipinski definition) is 7. The van der Waals surface area contributed by atoms with Crippen molar-refractivity contribution in [2.75, 3.05) is 24.8 Å². The summed E-state index contributed by atoms with van der Waals surface area (Å²) in [7, 11) is 3.52. The van der Waals surface area contributed by atoms with Crippen LogP contribution in [0.2, 0.25) is 0 Å². The van der Waals surface area contributed by atoms with Crippen molar-refractivity contribution in [3.8, 4) is 17.0 Å². The summed E-state index contributed by atoms with van der Waals surface area (Å²) in [6.07, 6.45) is 1.71. The fourth-order valence-electron chi connectivity index (χ4n) is 2.62. The third kappa shape index (κ3) is 3.56. The second-order valence-corrected chi connectivity index (χ2v) is 6.90. The molecule has 0 bridgehead atoms. The van der Waals surface area contributed by atoms with Crippen LogP contribution in [0.25, 0.3) is 11.3 Å². The molecule has 130 valence electrons. The Morgan fingerprint density at radius 1 is 1.08 bits per heavy atom. The number of methoxy groups -OCH3 is 1. The molecule has 0 saturated carbocycles. The van der Waals surface area contributed by atoms with Crippen LogP contribution < -0.4 is 15.4 Å².